The summed E-state index contributed by atoms with van der Waals surface area (Å²) in [6, 6.07) is 11.5. The van der Waals surface area contributed by atoms with Gasteiger partial charge in [-0.05, 0) is 42.3 Å². The number of ether oxygens (including phenoxy) is 1. The molecule has 0 bridgehead atoms. The van der Waals surface area contributed by atoms with Crippen molar-refractivity contribution in [2.45, 2.75) is 31.6 Å². The van der Waals surface area contributed by atoms with E-state index in [1.807, 2.05) is 6.92 Å². The molecule has 1 saturated heterocycles. The van der Waals surface area contributed by atoms with Gasteiger partial charge in [0.2, 0.25) is 15.9 Å². The van der Waals surface area contributed by atoms with E-state index in [4.69, 9.17) is 4.74 Å². The molecule has 0 spiro atoms. The van der Waals surface area contributed by atoms with Crippen molar-refractivity contribution in [2.24, 2.45) is 0 Å². The lowest BCUT2D eigenvalue weighted by molar-refractivity contribution is -0.115. The van der Waals surface area contributed by atoms with Crippen molar-refractivity contribution < 1.29 is 22.7 Å². The molecule has 0 atom stereocenters. The van der Waals surface area contributed by atoms with Crippen LogP contribution in [0.3, 0.4) is 0 Å². The number of carbonyl (C=O) groups excluding carboxylic acids is 2. The number of morpholine rings is 1. The van der Waals surface area contributed by atoms with Crippen LogP contribution < -0.4 is 10.6 Å². The minimum atomic E-state index is -3.73. The quantitative estimate of drug-likeness (QED) is 0.682. The molecule has 0 aromatic heterocycles. The largest absolute Gasteiger partial charge is 0.379 e. The zero-order chi connectivity index (χ0) is 22.4. The molecule has 0 unspecified atom stereocenters. The van der Waals surface area contributed by atoms with Crippen molar-refractivity contribution in [3.63, 3.8) is 0 Å². The van der Waals surface area contributed by atoms with Crippen LogP contribution in [0.4, 0.5) is 11.4 Å². The molecule has 166 valence electrons. The molecule has 1 heterocycles. The third-order valence-electron chi connectivity index (χ3n) is 5.02. The number of sulfonamides is 1. The van der Waals surface area contributed by atoms with Crippen LogP contribution >= 0.6 is 0 Å². The van der Waals surface area contributed by atoms with E-state index in [9.17, 15) is 18.0 Å². The van der Waals surface area contributed by atoms with E-state index in [-0.39, 0.29) is 29.5 Å². The summed E-state index contributed by atoms with van der Waals surface area (Å²) in [4.78, 5) is 24.6. The van der Waals surface area contributed by atoms with Crippen molar-refractivity contribution in [1.29, 1.82) is 0 Å². The van der Waals surface area contributed by atoms with Crippen LogP contribution in [-0.4, -0.2) is 50.8 Å². The van der Waals surface area contributed by atoms with E-state index in [1.54, 1.807) is 43.3 Å². The highest BCUT2D eigenvalue weighted by Crippen LogP contribution is 2.24. The molecular formula is C22H27N3O5S. The number of rotatable bonds is 7. The molecule has 2 aromatic rings. The minimum absolute atomic E-state index is 0.128. The van der Waals surface area contributed by atoms with Crippen LogP contribution in [0.1, 0.15) is 36.2 Å². The number of benzene rings is 2. The SMILES string of the molecule is CCC(=O)Nc1cccc(NC(=O)c2ccc(CC)c(S(=O)(=O)N3CCOCC3)c2)c1. The monoisotopic (exact) mass is 445 g/mol. The lowest BCUT2D eigenvalue weighted by Gasteiger charge is -2.27. The topological polar surface area (TPSA) is 105 Å². The molecule has 2 N–H and O–H groups in total. The highest BCUT2D eigenvalue weighted by molar-refractivity contribution is 7.89. The number of hydrogen-bond acceptors (Lipinski definition) is 5. The second kappa shape index (κ2) is 10.0. The van der Waals surface area contributed by atoms with Crippen LogP contribution in [0.5, 0.6) is 0 Å². The van der Waals surface area contributed by atoms with Crippen LogP contribution in [0.25, 0.3) is 0 Å². The summed E-state index contributed by atoms with van der Waals surface area (Å²) in [5.74, 6) is -0.559. The van der Waals surface area contributed by atoms with E-state index in [2.05, 4.69) is 10.6 Å². The molecule has 1 fully saturated rings. The third kappa shape index (κ3) is 5.49. The van der Waals surface area contributed by atoms with E-state index >= 15 is 0 Å². The smallest absolute Gasteiger partial charge is 0.255 e. The summed E-state index contributed by atoms with van der Waals surface area (Å²) in [7, 11) is -3.73. The number of anilines is 2. The van der Waals surface area contributed by atoms with Crippen LogP contribution in [0, 0.1) is 0 Å². The molecule has 3 rings (SSSR count). The first-order valence-corrected chi connectivity index (χ1v) is 11.7. The van der Waals surface area contributed by atoms with Crippen molar-refractivity contribution in [3.05, 3.63) is 53.6 Å². The lowest BCUT2D eigenvalue weighted by atomic mass is 10.1. The molecule has 1 aliphatic heterocycles. The molecule has 31 heavy (non-hydrogen) atoms. The normalized spacial score (nSPS) is 14.8. The Morgan fingerprint density at radius 1 is 1.00 bits per heavy atom. The van der Waals surface area contributed by atoms with Gasteiger partial charge in [-0.25, -0.2) is 8.42 Å². The third-order valence-corrected chi connectivity index (χ3v) is 7.00. The summed E-state index contributed by atoms with van der Waals surface area (Å²) in [5, 5.41) is 5.51. The highest BCUT2D eigenvalue weighted by atomic mass is 32.2. The van der Waals surface area contributed by atoms with Gasteiger partial charge in [0, 0.05) is 36.4 Å². The fraction of sp³-hybridized carbons (Fsp3) is 0.364. The van der Waals surface area contributed by atoms with E-state index in [1.165, 1.54) is 10.4 Å². The Bertz CT molecular complexity index is 1060. The van der Waals surface area contributed by atoms with Gasteiger partial charge >= 0.3 is 0 Å². The van der Waals surface area contributed by atoms with Gasteiger partial charge in [-0.15, -0.1) is 0 Å². The fourth-order valence-corrected chi connectivity index (χ4v) is 5.01. The zero-order valence-electron chi connectivity index (χ0n) is 17.7. The van der Waals surface area contributed by atoms with E-state index in [0.717, 1.165) is 0 Å². The molecule has 0 aliphatic carbocycles. The van der Waals surface area contributed by atoms with Crippen molar-refractivity contribution >= 4 is 33.2 Å². The molecule has 9 heteroatoms. The van der Waals surface area contributed by atoms with Gasteiger partial charge in [-0.1, -0.05) is 26.0 Å². The molecule has 2 aromatic carbocycles. The molecule has 0 saturated carbocycles. The van der Waals surface area contributed by atoms with Crippen molar-refractivity contribution in [2.75, 3.05) is 36.9 Å². The first kappa shape index (κ1) is 22.9. The maximum absolute atomic E-state index is 13.2. The van der Waals surface area contributed by atoms with Crippen molar-refractivity contribution in [1.82, 2.24) is 4.31 Å². The van der Waals surface area contributed by atoms with Gasteiger partial charge in [0.25, 0.3) is 5.91 Å². The van der Waals surface area contributed by atoms with Gasteiger partial charge in [0.1, 0.15) is 0 Å². The second-order valence-corrected chi connectivity index (χ2v) is 9.04. The Morgan fingerprint density at radius 3 is 2.32 bits per heavy atom. The summed E-state index contributed by atoms with van der Waals surface area (Å²) in [5.41, 5.74) is 1.97. The standard InChI is InChI=1S/C22H27N3O5S/c1-3-16-8-9-17(14-20(16)31(28,29)25-10-12-30-13-11-25)22(27)24-19-7-5-6-18(15-19)23-21(26)4-2/h5-9,14-15H,3-4,10-13H2,1-2H3,(H,23,26)(H,24,27). The maximum atomic E-state index is 13.2. The van der Waals surface area contributed by atoms with Gasteiger partial charge < -0.3 is 15.4 Å². The van der Waals surface area contributed by atoms with Gasteiger partial charge in [0.15, 0.2) is 0 Å². The molecule has 0 radical (unpaired) electrons. The van der Waals surface area contributed by atoms with E-state index in [0.29, 0.717) is 43.0 Å². The fourth-order valence-electron chi connectivity index (χ4n) is 3.28. The number of amides is 2. The Balaban J connectivity index is 1.85. The number of nitrogens with one attached hydrogen (secondary N) is 2. The molecule has 1 aliphatic rings. The predicted molar refractivity (Wildman–Crippen MR) is 119 cm³/mol. The Kier molecular flexibility index (Phi) is 7.42. The number of carbonyl (C=O) groups is 2. The van der Waals surface area contributed by atoms with Crippen molar-refractivity contribution in [3.8, 4) is 0 Å². The summed E-state index contributed by atoms with van der Waals surface area (Å²) in [6.07, 6.45) is 0.876. The van der Waals surface area contributed by atoms with Gasteiger partial charge in [-0.3, -0.25) is 9.59 Å². The summed E-state index contributed by atoms with van der Waals surface area (Å²) in [6.45, 7) is 4.92. The average molecular weight is 446 g/mol. The minimum Gasteiger partial charge on any atom is -0.379 e. The predicted octanol–water partition coefficient (Wildman–Crippen LogP) is 2.87. The zero-order valence-corrected chi connectivity index (χ0v) is 18.5. The average Bonchev–Trinajstić information content (AvgIpc) is 2.79. The van der Waals surface area contributed by atoms with Gasteiger partial charge in [-0.2, -0.15) is 4.31 Å². The molecule has 2 amide bonds. The highest BCUT2D eigenvalue weighted by Gasteiger charge is 2.29. The molecule has 8 nitrogen and oxygen atoms in total. The van der Waals surface area contributed by atoms with Crippen LogP contribution in [0.15, 0.2) is 47.4 Å². The Hall–Kier alpha value is -2.75. The van der Waals surface area contributed by atoms with Crippen LogP contribution in [-0.2, 0) is 26.0 Å². The van der Waals surface area contributed by atoms with E-state index < -0.39 is 15.9 Å². The molecular weight excluding hydrogens is 418 g/mol. The number of hydrogen-bond donors (Lipinski definition) is 2. The number of nitrogens with zero attached hydrogens (tertiary/aromatic N) is 1. The first-order valence-electron chi connectivity index (χ1n) is 10.3. The maximum Gasteiger partial charge on any atom is 0.255 e. The van der Waals surface area contributed by atoms with Crippen LogP contribution in [0.2, 0.25) is 0 Å². The van der Waals surface area contributed by atoms with Gasteiger partial charge in [0.05, 0.1) is 18.1 Å². The summed E-state index contributed by atoms with van der Waals surface area (Å²) >= 11 is 0. The Labute approximate surface area is 182 Å². The Morgan fingerprint density at radius 2 is 1.68 bits per heavy atom. The number of aryl methyl sites for hydroxylation is 1. The second-order valence-electron chi connectivity index (χ2n) is 7.13. The lowest BCUT2D eigenvalue weighted by Crippen LogP contribution is -2.41. The summed E-state index contributed by atoms with van der Waals surface area (Å²) < 4.78 is 33.0. The first-order chi connectivity index (χ1) is 14.8.